The number of nitrogens with one attached hydrogen (secondary N) is 1. The van der Waals surface area contributed by atoms with Crippen molar-refractivity contribution in [3.05, 3.63) is 60.6 Å². The van der Waals surface area contributed by atoms with Crippen LogP contribution in [0, 0.1) is 6.92 Å². The van der Waals surface area contributed by atoms with Gasteiger partial charge < -0.3 is 25.3 Å². The zero-order valence-electron chi connectivity index (χ0n) is 19.2. The first-order valence-electron chi connectivity index (χ1n) is 11.4. The van der Waals surface area contributed by atoms with E-state index in [9.17, 15) is 0 Å². The molecule has 33 heavy (non-hydrogen) atoms. The van der Waals surface area contributed by atoms with Gasteiger partial charge in [-0.15, -0.1) is 0 Å². The molecule has 0 spiro atoms. The van der Waals surface area contributed by atoms with Gasteiger partial charge in [-0.05, 0) is 49.4 Å². The number of rotatable bonds is 6. The van der Waals surface area contributed by atoms with E-state index in [1.165, 1.54) is 16.8 Å². The molecule has 0 saturated carbocycles. The number of aromatic amines is 1. The fourth-order valence-electron chi connectivity index (χ4n) is 4.43. The number of pyridine rings is 2. The largest absolute Gasteiger partial charge is 0.476 e. The summed E-state index contributed by atoms with van der Waals surface area (Å²) in [6.45, 7) is 7.47. The molecule has 1 aromatic carbocycles. The van der Waals surface area contributed by atoms with Crippen LogP contribution in [0.3, 0.4) is 0 Å². The Hall–Kier alpha value is -3.42. The minimum atomic E-state index is 0.458. The van der Waals surface area contributed by atoms with Gasteiger partial charge in [0.15, 0.2) is 0 Å². The maximum Gasteiger partial charge on any atom is 0.213 e. The number of aromatic nitrogens is 3. The van der Waals surface area contributed by atoms with Crippen LogP contribution in [0.2, 0.25) is 0 Å². The van der Waals surface area contributed by atoms with Gasteiger partial charge in [0, 0.05) is 85.1 Å². The molecular weight excluding hydrogens is 412 g/mol. The summed E-state index contributed by atoms with van der Waals surface area (Å²) in [5.74, 6) is 0.582. The summed E-state index contributed by atoms with van der Waals surface area (Å²) >= 11 is 0. The molecule has 0 bridgehead atoms. The quantitative estimate of drug-likeness (QED) is 0.474. The van der Waals surface area contributed by atoms with Gasteiger partial charge in [0.1, 0.15) is 12.3 Å². The molecule has 0 atom stereocenters. The summed E-state index contributed by atoms with van der Waals surface area (Å²) in [5.41, 5.74) is 13.4. The van der Waals surface area contributed by atoms with E-state index in [-0.39, 0.29) is 0 Å². The summed E-state index contributed by atoms with van der Waals surface area (Å²) in [6.07, 6.45) is 5.76. The van der Waals surface area contributed by atoms with E-state index in [2.05, 4.69) is 63.0 Å². The predicted molar refractivity (Wildman–Crippen MR) is 134 cm³/mol. The SMILES string of the molecule is Cc1cc(-c2cnc3[nH]cc(-c4ccc(OCCN)nc4)c3c2)ccc1N1CCN(C)CC1. The van der Waals surface area contributed by atoms with Crippen LogP contribution in [0.1, 0.15) is 5.56 Å². The third kappa shape index (κ3) is 4.42. The fraction of sp³-hybridized carbons (Fsp3) is 0.308. The lowest BCUT2D eigenvalue weighted by molar-refractivity contribution is 0.312. The van der Waals surface area contributed by atoms with Crippen molar-refractivity contribution in [2.75, 3.05) is 51.3 Å². The first-order valence-corrected chi connectivity index (χ1v) is 11.4. The molecule has 1 aliphatic heterocycles. The molecule has 1 saturated heterocycles. The number of likely N-dealkylation sites (N-methyl/N-ethyl adjacent to an activating group) is 1. The highest BCUT2D eigenvalue weighted by molar-refractivity contribution is 5.95. The van der Waals surface area contributed by atoms with E-state index >= 15 is 0 Å². The standard InChI is InChI=1S/C26H30N6O/c1-18-13-19(3-5-24(18)32-10-8-31(2)9-11-32)21-14-22-23(17-30-26(22)29-16-21)20-4-6-25(28-15-20)33-12-7-27/h3-6,13-17H,7-12,27H2,1-2H3,(H,29,30). The van der Waals surface area contributed by atoms with Crippen molar-refractivity contribution >= 4 is 16.7 Å². The van der Waals surface area contributed by atoms with E-state index in [1.54, 1.807) is 0 Å². The van der Waals surface area contributed by atoms with Crippen LogP contribution in [0.25, 0.3) is 33.3 Å². The molecule has 0 unspecified atom stereocenters. The van der Waals surface area contributed by atoms with Gasteiger partial charge in [0.25, 0.3) is 0 Å². The molecule has 0 aliphatic carbocycles. The van der Waals surface area contributed by atoms with Crippen LogP contribution in [0.5, 0.6) is 5.88 Å². The summed E-state index contributed by atoms with van der Waals surface area (Å²) in [7, 11) is 2.19. The Balaban J connectivity index is 1.43. The van der Waals surface area contributed by atoms with Crippen molar-refractivity contribution in [2.24, 2.45) is 5.73 Å². The molecule has 3 aromatic heterocycles. The number of anilines is 1. The molecule has 0 radical (unpaired) electrons. The van der Waals surface area contributed by atoms with Gasteiger partial charge >= 0.3 is 0 Å². The molecule has 5 rings (SSSR count). The van der Waals surface area contributed by atoms with Gasteiger partial charge in [-0.1, -0.05) is 6.07 Å². The van der Waals surface area contributed by atoms with Gasteiger partial charge in [-0.3, -0.25) is 0 Å². The molecule has 1 fully saturated rings. The highest BCUT2D eigenvalue weighted by Crippen LogP contribution is 2.33. The van der Waals surface area contributed by atoms with E-state index in [4.69, 9.17) is 10.5 Å². The number of hydrogen-bond donors (Lipinski definition) is 2. The highest BCUT2D eigenvalue weighted by Gasteiger charge is 2.16. The number of aryl methyl sites for hydroxylation is 1. The monoisotopic (exact) mass is 442 g/mol. The van der Waals surface area contributed by atoms with E-state index in [0.29, 0.717) is 19.0 Å². The first-order chi connectivity index (χ1) is 16.1. The Morgan fingerprint density at radius 2 is 1.76 bits per heavy atom. The Kier molecular flexibility index (Phi) is 5.98. The smallest absolute Gasteiger partial charge is 0.213 e. The minimum Gasteiger partial charge on any atom is -0.476 e. The maximum absolute atomic E-state index is 5.50. The number of ether oxygens (including phenoxy) is 1. The molecule has 0 amide bonds. The van der Waals surface area contributed by atoms with Crippen molar-refractivity contribution in [3.63, 3.8) is 0 Å². The van der Waals surface area contributed by atoms with Crippen molar-refractivity contribution in [1.29, 1.82) is 0 Å². The van der Waals surface area contributed by atoms with E-state index in [1.807, 2.05) is 30.7 Å². The van der Waals surface area contributed by atoms with Crippen LogP contribution in [0.4, 0.5) is 5.69 Å². The summed E-state index contributed by atoms with van der Waals surface area (Å²) in [4.78, 5) is 17.2. The number of fused-ring (bicyclic) bond motifs is 1. The topological polar surface area (TPSA) is 83.3 Å². The second-order valence-corrected chi connectivity index (χ2v) is 8.64. The third-order valence-electron chi connectivity index (χ3n) is 6.32. The average Bonchev–Trinajstić information content (AvgIpc) is 3.27. The summed E-state index contributed by atoms with van der Waals surface area (Å²) in [5, 5.41) is 1.07. The third-order valence-corrected chi connectivity index (χ3v) is 6.32. The zero-order valence-corrected chi connectivity index (χ0v) is 19.2. The highest BCUT2D eigenvalue weighted by atomic mass is 16.5. The van der Waals surface area contributed by atoms with Crippen LogP contribution in [0.15, 0.2) is 55.0 Å². The maximum atomic E-state index is 5.50. The van der Waals surface area contributed by atoms with E-state index < -0.39 is 0 Å². The lowest BCUT2D eigenvalue weighted by Gasteiger charge is -2.35. The van der Waals surface area contributed by atoms with Crippen molar-refractivity contribution in [1.82, 2.24) is 19.9 Å². The second kappa shape index (κ2) is 9.21. The second-order valence-electron chi connectivity index (χ2n) is 8.64. The molecule has 4 aromatic rings. The van der Waals surface area contributed by atoms with Crippen molar-refractivity contribution in [3.8, 4) is 28.1 Å². The van der Waals surface area contributed by atoms with Crippen molar-refractivity contribution < 1.29 is 4.74 Å². The van der Waals surface area contributed by atoms with Gasteiger partial charge in [0.05, 0.1) is 0 Å². The summed E-state index contributed by atoms with van der Waals surface area (Å²) < 4.78 is 5.50. The molecule has 170 valence electrons. The van der Waals surface area contributed by atoms with Crippen molar-refractivity contribution in [2.45, 2.75) is 6.92 Å². The van der Waals surface area contributed by atoms with Gasteiger partial charge in [-0.25, -0.2) is 9.97 Å². The Bertz CT molecular complexity index is 1240. The summed E-state index contributed by atoms with van der Waals surface area (Å²) in [6, 6.07) is 12.8. The number of piperazine rings is 1. The molecule has 7 nitrogen and oxygen atoms in total. The molecular formula is C26H30N6O. The van der Waals surface area contributed by atoms with Crippen LogP contribution < -0.4 is 15.4 Å². The number of benzene rings is 1. The molecule has 4 heterocycles. The van der Waals surface area contributed by atoms with Gasteiger partial charge in [0.2, 0.25) is 5.88 Å². The fourth-order valence-corrected chi connectivity index (χ4v) is 4.43. The first kappa shape index (κ1) is 21.4. The van der Waals surface area contributed by atoms with Crippen LogP contribution in [-0.2, 0) is 0 Å². The van der Waals surface area contributed by atoms with Gasteiger partial charge in [-0.2, -0.15) is 0 Å². The molecule has 1 aliphatic rings. The lowest BCUT2D eigenvalue weighted by Crippen LogP contribution is -2.44. The number of H-pyrrole nitrogens is 1. The Morgan fingerprint density at radius 1 is 0.970 bits per heavy atom. The molecule has 3 N–H and O–H groups in total. The predicted octanol–water partition coefficient (Wildman–Crippen LogP) is 3.69. The minimum absolute atomic E-state index is 0.458. The number of nitrogens with two attached hydrogens (primary N) is 1. The zero-order chi connectivity index (χ0) is 22.8. The Labute approximate surface area is 194 Å². The number of nitrogens with zero attached hydrogens (tertiary/aromatic N) is 4. The number of hydrogen-bond acceptors (Lipinski definition) is 6. The van der Waals surface area contributed by atoms with Crippen LogP contribution >= 0.6 is 0 Å². The average molecular weight is 443 g/mol. The van der Waals surface area contributed by atoms with E-state index in [0.717, 1.165) is 53.9 Å². The normalized spacial score (nSPS) is 14.7. The molecule has 7 heteroatoms. The Morgan fingerprint density at radius 3 is 2.48 bits per heavy atom. The van der Waals surface area contributed by atoms with Crippen LogP contribution in [-0.4, -0.2) is 66.2 Å². The lowest BCUT2D eigenvalue weighted by atomic mass is 10.0.